The van der Waals surface area contributed by atoms with E-state index in [9.17, 15) is 19.5 Å². The second kappa shape index (κ2) is 7.86. The number of hydrogen-bond acceptors (Lipinski definition) is 7. The van der Waals surface area contributed by atoms with Crippen molar-refractivity contribution < 1.29 is 28.9 Å². The van der Waals surface area contributed by atoms with E-state index in [0.29, 0.717) is 22.5 Å². The van der Waals surface area contributed by atoms with Crippen LogP contribution in [0, 0.1) is 5.82 Å². The summed E-state index contributed by atoms with van der Waals surface area (Å²) in [4.78, 5) is 42.0. The van der Waals surface area contributed by atoms with E-state index < -0.39 is 35.5 Å². The lowest BCUT2D eigenvalue weighted by Gasteiger charge is -2.31. The third-order valence-corrected chi connectivity index (χ3v) is 6.76. The van der Waals surface area contributed by atoms with Crippen LogP contribution in [0.15, 0.2) is 23.0 Å². The molecule has 34 heavy (non-hydrogen) atoms. The number of fused-ring (bicyclic) bond motifs is 5. The van der Waals surface area contributed by atoms with Gasteiger partial charge >= 0.3 is 5.97 Å². The molecule has 176 valence electrons. The normalized spacial score (nSPS) is 18.3. The zero-order chi connectivity index (χ0) is 24.4. The van der Waals surface area contributed by atoms with Gasteiger partial charge in [-0.1, -0.05) is 18.5 Å². The Morgan fingerprint density at radius 1 is 1.35 bits per heavy atom. The monoisotopic (exact) mass is 487 g/mol. The molecule has 1 atom stereocenters. The number of nitrogens with one attached hydrogen (secondary N) is 1. The van der Waals surface area contributed by atoms with Gasteiger partial charge < -0.3 is 24.8 Å². The van der Waals surface area contributed by atoms with Crippen LogP contribution < -0.4 is 10.9 Å². The van der Waals surface area contributed by atoms with Crippen molar-refractivity contribution in [3.05, 3.63) is 61.6 Å². The van der Waals surface area contributed by atoms with Gasteiger partial charge in [0.15, 0.2) is 11.4 Å². The topological polar surface area (TPSA) is 131 Å². The van der Waals surface area contributed by atoms with Crippen molar-refractivity contribution >= 4 is 34.4 Å². The fourth-order valence-corrected chi connectivity index (χ4v) is 4.79. The van der Waals surface area contributed by atoms with Gasteiger partial charge in [0, 0.05) is 23.1 Å². The van der Waals surface area contributed by atoms with Crippen LogP contribution in [0.4, 0.5) is 4.39 Å². The zero-order valence-electron chi connectivity index (χ0n) is 17.9. The standard InChI is InChI=1S/C23H19ClFN3O6/c1-2-23(33)13-5-16-20-11(7-28(16)21(31)12(13)9-34-22(23)32)10(6-26-17(30)8-29)18-15(27-20)4-3-14(24)19(18)25/h3-5,29,33H,2,6-9H2,1H3,(H,26,30)/t23-/m0/s1. The zero-order valence-corrected chi connectivity index (χ0v) is 18.7. The quantitative estimate of drug-likeness (QED) is 0.372. The van der Waals surface area contributed by atoms with Crippen molar-refractivity contribution in [2.75, 3.05) is 6.61 Å². The van der Waals surface area contributed by atoms with Gasteiger partial charge in [0.25, 0.3) is 5.56 Å². The molecule has 3 N–H and O–H groups in total. The first kappa shape index (κ1) is 22.5. The minimum Gasteiger partial charge on any atom is -0.458 e. The predicted octanol–water partition coefficient (Wildman–Crippen LogP) is 1.48. The maximum atomic E-state index is 15.1. The molecule has 0 unspecified atom stereocenters. The van der Waals surface area contributed by atoms with Crippen molar-refractivity contribution in [3.8, 4) is 11.4 Å². The van der Waals surface area contributed by atoms with Crippen LogP contribution >= 0.6 is 11.6 Å². The molecule has 2 aromatic heterocycles. The lowest BCUT2D eigenvalue weighted by atomic mass is 9.86. The maximum absolute atomic E-state index is 15.1. The third kappa shape index (κ3) is 3.06. The molecule has 2 aliphatic rings. The number of carbonyl (C=O) groups excluding carboxylic acids is 2. The molecular weight excluding hydrogens is 469 g/mol. The van der Waals surface area contributed by atoms with Gasteiger partial charge in [-0.15, -0.1) is 0 Å². The summed E-state index contributed by atoms with van der Waals surface area (Å²) in [7, 11) is 0. The van der Waals surface area contributed by atoms with Gasteiger partial charge in [-0.25, -0.2) is 14.2 Å². The van der Waals surface area contributed by atoms with Gasteiger partial charge in [0.2, 0.25) is 5.91 Å². The first-order valence-electron chi connectivity index (χ1n) is 10.6. The van der Waals surface area contributed by atoms with Crippen LogP contribution in [0.25, 0.3) is 22.3 Å². The lowest BCUT2D eigenvalue weighted by molar-refractivity contribution is -0.172. The summed E-state index contributed by atoms with van der Waals surface area (Å²) in [5.74, 6) is -2.21. The molecular formula is C23H19ClFN3O6. The van der Waals surface area contributed by atoms with E-state index >= 15 is 4.39 Å². The summed E-state index contributed by atoms with van der Waals surface area (Å²) >= 11 is 6.00. The molecule has 4 heterocycles. The van der Waals surface area contributed by atoms with E-state index in [0.717, 1.165) is 0 Å². The average Bonchev–Trinajstić information content (AvgIpc) is 3.20. The summed E-state index contributed by atoms with van der Waals surface area (Å²) in [6.45, 7) is 0.473. The molecule has 0 radical (unpaired) electrons. The number of rotatable bonds is 4. The first-order valence-corrected chi connectivity index (χ1v) is 10.9. The van der Waals surface area contributed by atoms with Gasteiger partial charge in [0.05, 0.1) is 34.0 Å². The molecule has 1 amide bonds. The molecule has 0 spiro atoms. The Morgan fingerprint density at radius 3 is 2.82 bits per heavy atom. The molecule has 0 fully saturated rings. The molecule has 1 aromatic carbocycles. The summed E-state index contributed by atoms with van der Waals surface area (Å²) in [6, 6.07) is 4.43. The number of benzene rings is 1. The van der Waals surface area contributed by atoms with Crippen molar-refractivity contribution in [1.82, 2.24) is 14.9 Å². The van der Waals surface area contributed by atoms with Crippen LogP contribution in [-0.2, 0) is 39.6 Å². The fourth-order valence-electron chi connectivity index (χ4n) is 4.63. The first-order chi connectivity index (χ1) is 16.2. The summed E-state index contributed by atoms with van der Waals surface area (Å²) < 4.78 is 21.6. The van der Waals surface area contributed by atoms with Crippen LogP contribution in [-0.4, -0.2) is 38.2 Å². The Labute approximate surface area is 196 Å². The number of aliphatic hydroxyl groups is 2. The van der Waals surface area contributed by atoms with Crippen LogP contribution in [0.3, 0.4) is 0 Å². The highest BCUT2D eigenvalue weighted by Crippen LogP contribution is 2.41. The number of aliphatic hydroxyl groups excluding tert-OH is 1. The molecule has 0 saturated heterocycles. The highest BCUT2D eigenvalue weighted by atomic mass is 35.5. The smallest absolute Gasteiger partial charge is 0.343 e. The molecule has 2 aliphatic heterocycles. The SMILES string of the molecule is CC[C@@]1(O)C(=O)OCc2c1cc1n(c2=O)Cc2c-1nc1ccc(Cl)c(F)c1c2CNC(=O)CO. The van der Waals surface area contributed by atoms with Crippen molar-refractivity contribution in [1.29, 1.82) is 0 Å². The summed E-state index contributed by atoms with van der Waals surface area (Å²) in [6.07, 6.45) is 0.00187. The predicted molar refractivity (Wildman–Crippen MR) is 118 cm³/mol. The molecule has 3 aromatic rings. The Hall–Kier alpha value is -3.34. The van der Waals surface area contributed by atoms with E-state index in [1.54, 1.807) is 13.0 Å². The van der Waals surface area contributed by atoms with Crippen molar-refractivity contribution in [2.45, 2.75) is 38.6 Å². The highest BCUT2D eigenvalue weighted by Gasteiger charge is 2.45. The molecule has 0 saturated carbocycles. The Balaban J connectivity index is 1.79. The van der Waals surface area contributed by atoms with Crippen LogP contribution in [0.1, 0.15) is 35.6 Å². The van der Waals surface area contributed by atoms with Gasteiger partial charge in [-0.3, -0.25) is 9.59 Å². The number of pyridine rings is 2. The number of halogens is 2. The van der Waals surface area contributed by atoms with Crippen LogP contribution in [0.2, 0.25) is 5.02 Å². The van der Waals surface area contributed by atoms with E-state index in [2.05, 4.69) is 10.3 Å². The van der Waals surface area contributed by atoms with Gasteiger partial charge in [0.1, 0.15) is 13.2 Å². The van der Waals surface area contributed by atoms with E-state index in [4.69, 9.17) is 21.4 Å². The van der Waals surface area contributed by atoms with Gasteiger partial charge in [-0.05, 0) is 30.2 Å². The van der Waals surface area contributed by atoms with Crippen LogP contribution in [0.5, 0.6) is 0 Å². The summed E-state index contributed by atoms with van der Waals surface area (Å²) in [5.41, 5.74) is -0.300. The number of esters is 1. The number of aromatic nitrogens is 2. The molecule has 0 aliphatic carbocycles. The highest BCUT2D eigenvalue weighted by molar-refractivity contribution is 6.31. The van der Waals surface area contributed by atoms with Gasteiger partial charge in [-0.2, -0.15) is 0 Å². The number of carbonyl (C=O) groups is 2. The largest absolute Gasteiger partial charge is 0.458 e. The van der Waals surface area contributed by atoms with Crippen molar-refractivity contribution in [2.24, 2.45) is 0 Å². The average molecular weight is 488 g/mol. The number of ether oxygens (including phenoxy) is 1. The van der Waals surface area contributed by atoms with E-state index in [-0.39, 0.29) is 53.2 Å². The molecule has 11 heteroatoms. The van der Waals surface area contributed by atoms with Crippen molar-refractivity contribution in [3.63, 3.8) is 0 Å². The molecule has 0 bridgehead atoms. The Kier molecular flexibility index (Phi) is 5.19. The third-order valence-electron chi connectivity index (χ3n) is 6.46. The number of nitrogens with zero attached hydrogens (tertiary/aromatic N) is 2. The number of amides is 1. The number of hydrogen-bond donors (Lipinski definition) is 3. The minimum absolute atomic E-state index is 0.00187. The fraction of sp³-hybridized carbons (Fsp3) is 0.304. The number of cyclic esters (lactones) is 1. The molecule has 9 nitrogen and oxygen atoms in total. The second-order valence-corrected chi connectivity index (χ2v) is 8.62. The maximum Gasteiger partial charge on any atom is 0.343 e. The Morgan fingerprint density at radius 2 is 2.12 bits per heavy atom. The summed E-state index contributed by atoms with van der Waals surface area (Å²) in [5, 5.41) is 22.6. The molecule has 5 rings (SSSR count). The van der Waals surface area contributed by atoms with E-state index in [1.807, 2.05) is 0 Å². The lowest BCUT2D eigenvalue weighted by Crippen LogP contribution is -2.44. The Bertz CT molecular complexity index is 1470. The second-order valence-electron chi connectivity index (χ2n) is 8.21. The van der Waals surface area contributed by atoms with E-state index in [1.165, 1.54) is 16.7 Å². The minimum atomic E-state index is -1.97.